The second-order valence-electron chi connectivity index (χ2n) is 9.56. The number of methoxy groups -OCH3 is 1. The second kappa shape index (κ2) is 14.6. The smallest absolute Gasteiger partial charge is 0.264 e. The summed E-state index contributed by atoms with van der Waals surface area (Å²) in [6, 6.07) is 18.2. The Hall–Kier alpha value is -3.27. The molecule has 1 N–H and O–H groups in total. The average molecular weight is 621 g/mol. The number of sulfonamides is 1. The van der Waals surface area contributed by atoms with Gasteiger partial charge in [-0.15, -0.1) is 0 Å². The molecule has 2 atom stereocenters. The number of hydrogen-bond acceptors (Lipinski definition) is 5. The van der Waals surface area contributed by atoms with Gasteiger partial charge in [-0.1, -0.05) is 55.2 Å². The van der Waals surface area contributed by atoms with E-state index >= 15 is 0 Å². The number of benzene rings is 3. The van der Waals surface area contributed by atoms with Crippen molar-refractivity contribution < 1.29 is 22.7 Å². The van der Waals surface area contributed by atoms with Gasteiger partial charge in [-0.25, -0.2) is 8.42 Å². The summed E-state index contributed by atoms with van der Waals surface area (Å²) in [5, 5.41) is 3.64. The van der Waals surface area contributed by atoms with Gasteiger partial charge in [0, 0.05) is 22.6 Å². The van der Waals surface area contributed by atoms with Crippen molar-refractivity contribution in [2.24, 2.45) is 0 Å². The molecular formula is C30H35Cl2N3O5S. The third-order valence-corrected chi connectivity index (χ3v) is 8.93. The summed E-state index contributed by atoms with van der Waals surface area (Å²) in [6.07, 6.45) is 1.03. The number of hydrogen-bond donors (Lipinski definition) is 1. The number of rotatable bonds is 13. The minimum Gasteiger partial charge on any atom is -0.497 e. The van der Waals surface area contributed by atoms with Crippen molar-refractivity contribution in [3.8, 4) is 5.75 Å². The van der Waals surface area contributed by atoms with E-state index in [1.807, 2.05) is 26.8 Å². The van der Waals surface area contributed by atoms with E-state index in [1.54, 1.807) is 43.5 Å². The van der Waals surface area contributed by atoms with Gasteiger partial charge in [-0.3, -0.25) is 13.9 Å². The molecule has 41 heavy (non-hydrogen) atoms. The van der Waals surface area contributed by atoms with Crippen LogP contribution in [-0.2, 0) is 26.2 Å². The zero-order valence-electron chi connectivity index (χ0n) is 23.5. The summed E-state index contributed by atoms with van der Waals surface area (Å²) in [6.45, 7) is 5.15. The van der Waals surface area contributed by atoms with Gasteiger partial charge < -0.3 is 15.0 Å². The van der Waals surface area contributed by atoms with Gasteiger partial charge in [-0.05, 0) is 79.9 Å². The number of nitrogens with one attached hydrogen (secondary N) is 1. The van der Waals surface area contributed by atoms with E-state index in [0.29, 0.717) is 28.6 Å². The molecule has 11 heteroatoms. The highest BCUT2D eigenvalue weighted by atomic mass is 35.5. The van der Waals surface area contributed by atoms with Crippen LogP contribution >= 0.6 is 23.2 Å². The van der Waals surface area contributed by atoms with Crippen LogP contribution in [0.3, 0.4) is 0 Å². The quantitative estimate of drug-likeness (QED) is 0.256. The average Bonchev–Trinajstić information content (AvgIpc) is 2.95. The minimum atomic E-state index is -4.23. The summed E-state index contributed by atoms with van der Waals surface area (Å²) in [4.78, 5) is 28.9. The maximum atomic E-state index is 14.1. The maximum absolute atomic E-state index is 14.1. The third-order valence-electron chi connectivity index (χ3n) is 6.65. The largest absolute Gasteiger partial charge is 0.497 e. The summed E-state index contributed by atoms with van der Waals surface area (Å²) < 4.78 is 34.1. The number of halogens is 2. The Morgan fingerprint density at radius 1 is 0.927 bits per heavy atom. The molecule has 3 rings (SSSR count). The molecule has 0 spiro atoms. The number of anilines is 1. The first-order valence-corrected chi connectivity index (χ1v) is 15.5. The van der Waals surface area contributed by atoms with Crippen LogP contribution in [0.2, 0.25) is 10.0 Å². The molecule has 8 nitrogen and oxygen atoms in total. The Kier molecular flexibility index (Phi) is 11.5. The Bertz CT molecular complexity index is 1450. The van der Waals surface area contributed by atoms with Crippen molar-refractivity contribution >= 4 is 50.7 Å². The summed E-state index contributed by atoms with van der Waals surface area (Å²) in [7, 11) is -2.68. The lowest BCUT2D eigenvalue weighted by Crippen LogP contribution is -2.53. The molecule has 0 fully saturated rings. The van der Waals surface area contributed by atoms with Crippen molar-refractivity contribution in [1.82, 2.24) is 10.2 Å². The van der Waals surface area contributed by atoms with Crippen molar-refractivity contribution in [3.63, 3.8) is 0 Å². The van der Waals surface area contributed by atoms with Crippen molar-refractivity contribution in [2.45, 2.75) is 57.1 Å². The molecule has 0 aliphatic carbocycles. The molecular weight excluding hydrogens is 585 g/mol. The Morgan fingerprint density at radius 2 is 1.61 bits per heavy atom. The number of carbonyl (C=O) groups excluding carboxylic acids is 2. The fraction of sp³-hybridized carbons (Fsp3) is 0.333. The van der Waals surface area contributed by atoms with E-state index in [0.717, 1.165) is 9.87 Å². The number of nitrogens with zero attached hydrogens (tertiary/aromatic N) is 2. The Balaban J connectivity index is 2.07. The normalized spacial score (nSPS) is 12.7. The number of amides is 2. The van der Waals surface area contributed by atoms with Crippen LogP contribution < -0.4 is 14.4 Å². The lowest BCUT2D eigenvalue weighted by Gasteiger charge is -2.33. The predicted molar refractivity (Wildman–Crippen MR) is 163 cm³/mol. The van der Waals surface area contributed by atoms with Crippen LogP contribution in [0.5, 0.6) is 5.75 Å². The highest BCUT2D eigenvalue weighted by molar-refractivity contribution is 7.92. The Morgan fingerprint density at radius 3 is 2.22 bits per heavy atom. The van der Waals surface area contributed by atoms with E-state index in [-0.39, 0.29) is 29.1 Å². The van der Waals surface area contributed by atoms with E-state index in [4.69, 9.17) is 27.9 Å². The van der Waals surface area contributed by atoms with Gasteiger partial charge in [0.05, 0.1) is 17.7 Å². The zero-order valence-corrected chi connectivity index (χ0v) is 25.8. The first-order valence-electron chi connectivity index (χ1n) is 13.3. The molecule has 0 aromatic heterocycles. The van der Waals surface area contributed by atoms with Gasteiger partial charge in [0.15, 0.2) is 0 Å². The topological polar surface area (TPSA) is 96.0 Å². The molecule has 0 saturated heterocycles. The Labute approximate surface area is 252 Å². The van der Waals surface area contributed by atoms with Crippen LogP contribution in [0, 0.1) is 0 Å². The van der Waals surface area contributed by atoms with Crippen LogP contribution in [0.15, 0.2) is 77.7 Å². The second-order valence-corrected chi connectivity index (χ2v) is 12.3. The summed E-state index contributed by atoms with van der Waals surface area (Å²) >= 11 is 12.2. The fourth-order valence-electron chi connectivity index (χ4n) is 4.22. The van der Waals surface area contributed by atoms with Crippen LogP contribution in [0.4, 0.5) is 5.69 Å². The molecule has 2 amide bonds. The molecule has 0 radical (unpaired) electrons. The van der Waals surface area contributed by atoms with E-state index < -0.39 is 28.5 Å². The minimum absolute atomic E-state index is 0.0458. The van der Waals surface area contributed by atoms with Crippen molar-refractivity contribution in [2.75, 3.05) is 18.0 Å². The number of carbonyl (C=O) groups is 2. The van der Waals surface area contributed by atoms with E-state index in [9.17, 15) is 18.0 Å². The van der Waals surface area contributed by atoms with Crippen molar-refractivity contribution in [1.29, 1.82) is 0 Å². The highest BCUT2D eigenvalue weighted by Crippen LogP contribution is 2.28. The summed E-state index contributed by atoms with van der Waals surface area (Å²) in [5.74, 6) is -0.276. The first kappa shape index (κ1) is 32.2. The summed E-state index contributed by atoms with van der Waals surface area (Å²) in [5.41, 5.74) is 0.932. The molecule has 0 heterocycles. The molecule has 0 aliphatic heterocycles. The van der Waals surface area contributed by atoms with Gasteiger partial charge >= 0.3 is 0 Å². The maximum Gasteiger partial charge on any atom is 0.264 e. The zero-order chi connectivity index (χ0) is 30.2. The molecule has 3 aromatic rings. The van der Waals surface area contributed by atoms with Gasteiger partial charge in [-0.2, -0.15) is 0 Å². The van der Waals surface area contributed by atoms with E-state index in [2.05, 4.69) is 5.32 Å². The fourth-order valence-corrected chi connectivity index (χ4v) is 5.94. The predicted octanol–water partition coefficient (Wildman–Crippen LogP) is 5.92. The lowest BCUT2D eigenvalue weighted by molar-refractivity contribution is -0.140. The monoisotopic (exact) mass is 619 g/mol. The third kappa shape index (κ3) is 8.38. The standard InChI is InChI=1S/C30H35Cl2N3O5S/c1-5-21(3)33-30(37)28(6-2)34(19-22-9-7-12-26(17-22)40-4)29(36)20-35(25-11-8-10-24(32)18-25)41(38,39)27-15-13-23(31)14-16-27/h7-18,21,28H,5-6,19-20H2,1-4H3,(H,33,37)/t21-,28-/m1/s1. The molecule has 3 aromatic carbocycles. The highest BCUT2D eigenvalue weighted by Gasteiger charge is 2.34. The molecule has 0 aliphatic rings. The van der Waals surface area contributed by atoms with Gasteiger partial charge in [0.2, 0.25) is 11.8 Å². The molecule has 0 bridgehead atoms. The lowest BCUT2D eigenvalue weighted by atomic mass is 10.1. The van der Waals surface area contributed by atoms with Crippen molar-refractivity contribution in [3.05, 3.63) is 88.4 Å². The molecule has 0 saturated carbocycles. The van der Waals surface area contributed by atoms with Gasteiger partial charge in [0.1, 0.15) is 18.3 Å². The first-order chi connectivity index (χ1) is 19.5. The van der Waals surface area contributed by atoms with Crippen LogP contribution in [0.25, 0.3) is 0 Å². The molecule has 220 valence electrons. The molecule has 0 unspecified atom stereocenters. The van der Waals surface area contributed by atoms with E-state index in [1.165, 1.54) is 35.2 Å². The SMILES string of the molecule is CC[C@@H](C)NC(=O)[C@@H](CC)N(Cc1cccc(OC)c1)C(=O)CN(c1cccc(Cl)c1)S(=O)(=O)c1ccc(Cl)cc1. The van der Waals surface area contributed by atoms with Gasteiger partial charge in [0.25, 0.3) is 10.0 Å². The van der Waals surface area contributed by atoms with Crippen LogP contribution in [0.1, 0.15) is 39.2 Å². The number of ether oxygens (including phenoxy) is 1. The van der Waals surface area contributed by atoms with Crippen LogP contribution in [-0.4, -0.2) is 50.9 Å².